The molecule has 0 aromatic heterocycles. The van der Waals surface area contributed by atoms with Gasteiger partial charge in [-0.25, -0.2) is 4.39 Å². The molecule has 0 unspecified atom stereocenters. The maximum Gasteiger partial charge on any atom is 0.242 e. The first kappa shape index (κ1) is 12.4. The van der Waals surface area contributed by atoms with Crippen LogP contribution in [0.4, 0.5) is 4.39 Å². The molecule has 82 valence electrons. The number of rotatable bonds is 3. The normalized spacial score (nSPS) is 11.3. The molecule has 0 spiro atoms. The van der Waals surface area contributed by atoms with Crippen molar-refractivity contribution in [1.29, 1.82) is 0 Å². The first-order valence-electron chi connectivity index (χ1n) is 4.47. The molecule has 0 fully saturated rings. The van der Waals surface area contributed by atoms with E-state index in [0.717, 1.165) is 0 Å². The standard InChI is InChI=1S/C10H12BrFO2Si/c1-15(2,3)14-10-5-8(11)9(12)4-7(10)6-13/h4-6H,1-3H3. The van der Waals surface area contributed by atoms with E-state index < -0.39 is 14.1 Å². The minimum atomic E-state index is -1.79. The van der Waals surface area contributed by atoms with Gasteiger partial charge in [-0.3, -0.25) is 4.79 Å². The third-order valence-corrected chi connectivity index (χ3v) is 3.04. The largest absolute Gasteiger partial charge is 0.544 e. The second-order valence-electron chi connectivity index (χ2n) is 4.14. The van der Waals surface area contributed by atoms with E-state index in [1.54, 1.807) is 0 Å². The van der Waals surface area contributed by atoms with Gasteiger partial charge in [0.15, 0.2) is 6.29 Å². The van der Waals surface area contributed by atoms with E-state index in [4.69, 9.17) is 4.43 Å². The number of benzene rings is 1. The Balaban J connectivity index is 3.16. The third-order valence-electron chi connectivity index (χ3n) is 1.60. The Morgan fingerprint density at radius 3 is 2.47 bits per heavy atom. The van der Waals surface area contributed by atoms with Crippen molar-refractivity contribution in [2.24, 2.45) is 0 Å². The fraction of sp³-hybridized carbons (Fsp3) is 0.300. The van der Waals surface area contributed by atoms with Crippen molar-refractivity contribution in [2.45, 2.75) is 19.6 Å². The van der Waals surface area contributed by atoms with Crippen LogP contribution >= 0.6 is 15.9 Å². The Labute approximate surface area is 97.7 Å². The van der Waals surface area contributed by atoms with Gasteiger partial charge in [0.1, 0.15) is 11.6 Å². The SMILES string of the molecule is C[Si](C)(C)Oc1cc(Br)c(F)cc1C=O. The van der Waals surface area contributed by atoms with Crippen molar-refractivity contribution in [3.05, 3.63) is 28.0 Å². The molecule has 0 radical (unpaired) electrons. The van der Waals surface area contributed by atoms with Crippen LogP contribution in [0.1, 0.15) is 10.4 Å². The van der Waals surface area contributed by atoms with Crippen molar-refractivity contribution in [1.82, 2.24) is 0 Å². The average molecular weight is 291 g/mol. The van der Waals surface area contributed by atoms with Crippen LogP contribution in [-0.4, -0.2) is 14.6 Å². The number of aldehydes is 1. The van der Waals surface area contributed by atoms with Crippen LogP contribution < -0.4 is 4.43 Å². The molecule has 0 saturated heterocycles. The predicted molar refractivity (Wildman–Crippen MR) is 63.5 cm³/mol. The highest BCUT2D eigenvalue weighted by Gasteiger charge is 2.19. The van der Waals surface area contributed by atoms with Gasteiger partial charge in [-0.05, 0) is 47.7 Å². The molecule has 0 aliphatic carbocycles. The molecular weight excluding hydrogens is 279 g/mol. The lowest BCUT2D eigenvalue weighted by Gasteiger charge is -2.20. The number of carbonyl (C=O) groups is 1. The molecule has 0 N–H and O–H groups in total. The average Bonchev–Trinajstić information content (AvgIpc) is 2.08. The maximum absolute atomic E-state index is 13.1. The maximum atomic E-state index is 13.1. The lowest BCUT2D eigenvalue weighted by molar-refractivity contribution is 0.112. The molecule has 0 amide bonds. The lowest BCUT2D eigenvalue weighted by atomic mass is 10.2. The van der Waals surface area contributed by atoms with E-state index in [-0.39, 0.29) is 5.56 Å². The zero-order valence-corrected chi connectivity index (χ0v) is 11.4. The minimum absolute atomic E-state index is 0.248. The van der Waals surface area contributed by atoms with Crippen molar-refractivity contribution >= 4 is 30.5 Å². The topological polar surface area (TPSA) is 26.3 Å². The predicted octanol–water partition coefficient (Wildman–Crippen LogP) is 3.61. The highest BCUT2D eigenvalue weighted by molar-refractivity contribution is 9.10. The minimum Gasteiger partial charge on any atom is -0.544 e. The summed E-state index contributed by atoms with van der Waals surface area (Å²) in [6, 6.07) is 2.67. The molecular formula is C10H12BrFO2Si. The molecule has 0 bridgehead atoms. The zero-order chi connectivity index (χ0) is 11.6. The Kier molecular flexibility index (Phi) is 3.67. The van der Waals surface area contributed by atoms with E-state index in [1.807, 2.05) is 19.6 Å². The quantitative estimate of drug-likeness (QED) is 0.628. The molecule has 5 heteroatoms. The third kappa shape index (κ3) is 3.42. The monoisotopic (exact) mass is 290 g/mol. The second kappa shape index (κ2) is 4.45. The van der Waals surface area contributed by atoms with E-state index in [1.165, 1.54) is 12.1 Å². The molecule has 1 rings (SSSR count). The summed E-state index contributed by atoms with van der Waals surface area (Å²) in [5.41, 5.74) is 0.248. The Hall–Kier alpha value is -0.683. The van der Waals surface area contributed by atoms with Gasteiger partial charge in [0.2, 0.25) is 8.32 Å². The highest BCUT2D eigenvalue weighted by Crippen LogP contribution is 2.27. The smallest absolute Gasteiger partial charge is 0.242 e. The first-order valence-corrected chi connectivity index (χ1v) is 8.67. The number of halogens is 2. The molecule has 0 atom stereocenters. The van der Waals surface area contributed by atoms with Crippen LogP contribution in [0.25, 0.3) is 0 Å². The van der Waals surface area contributed by atoms with Crippen LogP contribution in [0.5, 0.6) is 5.75 Å². The summed E-state index contributed by atoms with van der Waals surface area (Å²) in [6.45, 7) is 6.00. The summed E-state index contributed by atoms with van der Waals surface area (Å²) in [4.78, 5) is 10.7. The van der Waals surface area contributed by atoms with Gasteiger partial charge in [-0.15, -0.1) is 0 Å². The Morgan fingerprint density at radius 2 is 2.00 bits per heavy atom. The van der Waals surface area contributed by atoms with E-state index in [0.29, 0.717) is 16.5 Å². The number of hydrogen-bond acceptors (Lipinski definition) is 2. The summed E-state index contributed by atoms with van der Waals surface area (Å²) in [7, 11) is -1.79. The van der Waals surface area contributed by atoms with Gasteiger partial charge in [0.05, 0.1) is 10.0 Å². The van der Waals surface area contributed by atoms with Crippen molar-refractivity contribution in [3.63, 3.8) is 0 Å². The van der Waals surface area contributed by atoms with E-state index in [9.17, 15) is 9.18 Å². The molecule has 15 heavy (non-hydrogen) atoms. The molecule has 0 saturated carbocycles. The summed E-state index contributed by atoms with van der Waals surface area (Å²) in [5, 5.41) is 0. The Bertz CT molecular complexity index is 388. The Morgan fingerprint density at radius 1 is 1.40 bits per heavy atom. The van der Waals surface area contributed by atoms with Gasteiger partial charge >= 0.3 is 0 Å². The van der Waals surface area contributed by atoms with E-state index in [2.05, 4.69) is 15.9 Å². The molecule has 1 aromatic carbocycles. The molecule has 2 nitrogen and oxygen atoms in total. The van der Waals surface area contributed by atoms with E-state index >= 15 is 0 Å². The molecule has 1 aromatic rings. The number of hydrogen-bond donors (Lipinski definition) is 0. The van der Waals surface area contributed by atoms with Crippen molar-refractivity contribution in [2.75, 3.05) is 0 Å². The highest BCUT2D eigenvalue weighted by atomic mass is 79.9. The lowest BCUT2D eigenvalue weighted by Crippen LogP contribution is -2.29. The first-order chi connectivity index (χ1) is 6.83. The molecule has 0 aliphatic heterocycles. The second-order valence-corrected chi connectivity index (χ2v) is 9.42. The van der Waals surface area contributed by atoms with Crippen molar-refractivity contribution in [3.8, 4) is 5.75 Å². The van der Waals surface area contributed by atoms with Crippen molar-refractivity contribution < 1.29 is 13.6 Å². The molecule has 0 aliphatic rings. The van der Waals surface area contributed by atoms with Gasteiger partial charge in [0.25, 0.3) is 0 Å². The summed E-state index contributed by atoms with van der Waals surface area (Å²) >= 11 is 3.06. The molecule has 0 heterocycles. The van der Waals surface area contributed by atoms with Crippen LogP contribution in [0.3, 0.4) is 0 Å². The van der Waals surface area contributed by atoms with Crippen LogP contribution in [-0.2, 0) is 0 Å². The summed E-state index contributed by atoms with van der Waals surface area (Å²) in [5.74, 6) is -0.0162. The van der Waals surface area contributed by atoms with Crippen LogP contribution in [0.15, 0.2) is 16.6 Å². The fourth-order valence-electron chi connectivity index (χ4n) is 1.05. The fourth-order valence-corrected chi connectivity index (χ4v) is 2.21. The van der Waals surface area contributed by atoms with Crippen LogP contribution in [0.2, 0.25) is 19.6 Å². The summed E-state index contributed by atoms with van der Waals surface area (Å²) < 4.78 is 19.1. The zero-order valence-electron chi connectivity index (χ0n) is 8.80. The van der Waals surface area contributed by atoms with Gasteiger partial charge in [-0.2, -0.15) is 0 Å². The van der Waals surface area contributed by atoms with Gasteiger partial charge < -0.3 is 4.43 Å². The summed E-state index contributed by atoms with van der Waals surface area (Å²) in [6.07, 6.45) is 0.602. The number of carbonyl (C=O) groups excluding carboxylic acids is 1. The van der Waals surface area contributed by atoms with Gasteiger partial charge in [-0.1, -0.05) is 0 Å². The van der Waals surface area contributed by atoms with Crippen LogP contribution in [0, 0.1) is 5.82 Å². The van der Waals surface area contributed by atoms with Gasteiger partial charge in [0, 0.05) is 0 Å².